The summed E-state index contributed by atoms with van der Waals surface area (Å²) < 4.78 is 5.72. The van der Waals surface area contributed by atoms with Crippen molar-refractivity contribution in [3.8, 4) is 0 Å². The number of aromatic nitrogens is 1. The Morgan fingerprint density at radius 3 is 2.37 bits per heavy atom. The Kier molecular flexibility index (Phi) is 2.31. The van der Waals surface area contributed by atoms with Crippen molar-refractivity contribution in [3.63, 3.8) is 0 Å². The maximum atomic E-state index is 11.5. The predicted molar refractivity (Wildman–Crippen MR) is 68.0 cm³/mol. The lowest BCUT2D eigenvalue weighted by molar-refractivity contribution is -0.0154. The summed E-state index contributed by atoms with van der Waals surface area (Å²) in [6, 6.07) is 0. The van der Waals surface area contributed by atoms with E-state index < -0.39 is 5.91 Å². The van der Waals surface area contributed by atoms with E-state index in [1.165, 1.54) is 38.5 Å². The van der Waals surface area contributed by atoms with Crippen molar-refractivity contribution in [1.82, 2.24) is 10.4 Å². The van der Waals surface area contributed by atoms with E-state index in [0.29, 0.717) is 0 Å². The van der Waals surface area contributed by atoms with Crippen molar-refractivity contribution in [2.75, 3.05) is 0 Å². The molecule has 4 aliphatic rings. The second kappa shape index (κ2) is 3.82. The van der Waals surface area contributed by atoms with Crippen LogP contribution >= 0.6 is 0 Å². The van der Waals surface area contributed by atoms with Gasteiger partial charge in [-0.3, -0.25) is 10.2 Å². The first-order valence-corrected chi connectivity index (χ1v) is 7.16. The molecule has 0 spiro atoms. The van der Waals surface area contributed by atoms with Crippen molar-refractivity contribution in [2.45, 2.75) is 43.9 Å². The number of rotatable bonds is 2. The molecule has 1 amide bonds. The van der Waals surface area contributed by atoms with E-state index in [-0.39, 0.29) is 11.3 Å². The molecule has 102 valence electrons. The molecule has 1 aromatic rings. The minimum Gasteiger partial charge on any atom is -0.437 e. The largest absolute Gasteiger partial charge is 0.437 e. The molecular formula is C14H19N3O2. The first-order chi connectivity index (χ1) is 9.18. The van der Waals surface area contributed by atoms with Crippen LogP contribution in [0.1, 0.15) is 55.0 Å². The highest BCUT2D eigenvalue weighted by Gasteiger charge is 2.53. The van der Waals surface area contributed by atoms with Crippen molar-refractivity contribution >= 4 is 5.91 Å². The van der Waals surface area contributed by atoms with Gasteiger partial charge in [-0.15, -0.1) is 0 Å². The number of hydrogen-bond donors (Lipinski definition) is 2. The fraction of sp³-hybridized carbons (Fsp3) is 0.714. The highest BCUT2D eigenvalue weighted by atomic mass is 16.4. The summed E-state index contributed by atoms with van der Waals surface area (Å²) in [6.07, 6.45) is 9.54. The van der Waals surface area contributed by atoms with Gasteiger partial charge in [-0.25, -0.2) is 10.8 Å². The first-order valence-electron chi connectivity index (χ1n) is 7.16. The standard InChI is InChI=1S/C14H19N3O2/c15-17-12(18)13-16-7-11(19-13)14-4-8-1-9(5-14)3-10(2-8)6-14/h7-10H,1-6,15H2,(H,17,18). The van der Waals surface area contributed by atoms with Crippen LogP contribution in [0, 0.1) is 17.8 Å². The lowest BCUT2D eigenvalue weighted by atomic mass is 9.49. The van der Waals surface area contributed by atoms with E-state index in [9.17, 15) is 4.79 Å². The summed E-state index contributed by atoms with van der Waals surface area (Å²) in [4.78, 5) is 15.5. The SMILES string of the molecule is NNC(=O)c1ncc(C23CC4CC(CC(C4)C2)C3)o1. The monoisotopic (exact) mass is 261 g/mol. The highest BCUT2D eigenvalue weighted by molar-refractivity contribution is 5.88. The zero-order valence-electron chi connectivity index (χ0n) is 10.9. The molecule has 1 aromatic heterocycles. The second-order valence-corrected chi connectivity index (χ2v) is 6.70. The lowest BCUT2D eigenvalue weighted by Crippen LogP contribution is -2.48. The Morgan fingerprint density at radius 1 is 1.26 bits per heavy atom. The normalized spacial score (nSPS) is 39.5. The number of hydrogen-bond acceptors (Lipinski definition) is 4. The second-order valence-electron chi connectivity index (χ2n) is 6.70. The molecule has 5 heteroatoms. The predicted octanol–water partition coefficient (Wildman–Crippen LogP) is 1.75. The van der Waals surface area contributed by atoms with Crippen molar-refractivity contribution < 1.29 is 9.21 Å². The van der Waals surface area contributed by atoms with Crippen molar-refractivity contribution in [2.24, 2.45) is 23.6 Å². The fourth-order valence-electron chi connectivity index (χ4n) is 5.10. The summed E-state index contributed by atoms with van der Waals surface area (Å²) in [7, 11) is 0. The molecular weight excluding hydrogens is 242 g/mol. The number of carbonyl (C=O) groups excluding carboxylic acids is 1. The summed E-state index contributed by atoms with van der Waals surface area (Å²) in [5.74, 6) is 8.22. The molecule has 0 radical (unpaired) electrons. The number of oxazole rings is 1. The average Bonchev–Trinajstić information content (AvgIpc) is 2.86. The van der Waals surface area contributed by atoms with Gasteiger partial charge < -0.3 is 4.42 Å². The van der Waals surface area contributed by atoms with Gasteiger partial charge in [-0.05, 0) is 56.3 Å². The number of nitrogen functional groups attached to an aromatic ring is 1. The zero-order chi connectivity index (χ0) is 13.0. The molecule has 0 saturated heterocycles. The molecule has 5 rings (SSSR count). The van der Waals surface area contributed by atoms with Gasteiger partial charge in [0.2, 0.25) is 0 Å². The third-order valence-corrected chi connectivity index (χ3v) is 5.39. The van der Waals surface area contributed by atoms with Crippen LogP contribution in [0.2, 0.25) is 0 Å². The molecule has 0 atom stereocenters. The number of nitrogens with one attached hydrogen (secondary N) is 1. The number of hydrazine groups is 1. The number of nitrogens with two attached hydrogens (primary N) is 1. The van der Waals surface area contributed by atoms with E-state index in [1.54, 1.807) is 6.20 Å². The average molecular weight is 261 g/mol. The van der Waals surface area contributed by atoms with Gasteiger partial charge >= 0.3 is 5.91 Å². The van der Waals surface area contributed by atoms with Crippen molar-refractivity contribution in [1.29, 1.82) is 0 Å². The Balaban J connectivity index is 1.68. The molecule has 19 heavy (non-hydrogen) atoms. The zero-order valence-corrected chi connectivity index (χ0v) is 10.9. The lowest BCUT2D eigenvalue weighted by Gasteiger charge is -2.55. The van der Waals surface area contributed by atoms with Gasteiger partial charge in [-0.2, -0.15) is 0 Å². The highest BCUT2D eigenvalue weighted by Crippen LogP contribution is 2.60. The molecule has 4 fully saturated rings. The van der Waals surface area contributed by atoms with E-state index in [0.717, 1.165) is 23.5 Å². The Bertz CT molecular complexity index is 487. The van der Waals surface area contributed by atoms with Crippen LogP contribution in [-0.4, -0.2) is 10.9 Å². The smallest absolute Gasteiger partial charge is 0.320 e. The Labute approximate surface area is 111 Å². The van der Waals surface area contributed by atoms with E-state index in [2.05, 4.69) is 10.4 Å². The fourth-order valence-corrected chi connectivity index (χ4v) is 5.10. The maximum absolute atomic E-state index is 11.5. The molecule has 5 nitrogen and oxygen atoms in total. The van der Waals surface area contributed by atoms with E-state index in [4.69, 9.17) is 10.3 Å². The van der Waals surface area contributed by atoms with Gasteiger partial charge in [0.05, 0.1) is 6.20 Å². The van der Waals surface area contributed by atoms with Crippen molar-refractivity contribution in [3.05, 3.63) is 17.8 Å². The van der Waals surface area contributed by atoms with Crippen LogP contribution in [-0.2, 0) is 5.41 Å². The number of amides is 1. The maximum Gasteiger partial charge on any atom is 0.320 e. The molecule has 1 heterocycles. The van der Waals surface area contributed by atoms with Crippen LogP contribution < -0.4 is 11.3 Å². The Morgan fingerprint density at radius 2 is 1.84 bits per heavy atom. The summed E-state index contributed by atoms with van der Waals surface area (Å²) in [6.45, 7) is 0. The van der Waals surface area contributed by atoms with Crippen LogP contribution in [0.15, 0.2) is 10.6 Å². The molecule has 0 aromatic carbocycles. The van der Waals surface area contributed by atoms with Crippen LogP contribution in [0.4, 0.5) is 0 Å². The topological polar surface area (TPSA) is 81.1 Å². The van der Waals surface area contributed by atoms with Gasteiger partial charge in [0.25, 0.3) is 5.89 Å². The summed E-state index contributed by atoms with van der Waals surface area (Å²) >= 11 is 0. The van der Waals surface area contributed by atoms with E-state index in [1.807, 2.05) is 0 Å². The van der Waals surface area contributed by atoms with Crippen LogP contribution in [0.5, 0.6) is 0 Å². The van der Waals surface area contributed by atoms with Crippen LogP contribution in [0.3, 0.4) is 0 Å². The van der Waals surface area contributed by atoms with Crippen LogP contribution in [0.25, 0.3) is 0 Å². The summed E-state index contributed by atoms with van der Waals surface area (Å²) in [5.41, 5.74) is 2.22. The first kappa shape index (κ1) is 11.5. The molecule has 4 aliphatic carbocycles. The minimum absolute atomic E-state index is 0.0910. The quantitative estimate of drug-likeness (QED) is 0.483. The third-order valence-electron chi connectivity index (χ3n) is 5.39. The molecule has 3 N–H and O–H groups in total. The number of nitrogens with zero attached hydrogens (tertiary/aromatic N) is 1. The molecule has 0 aliphatic heterocycles. The third kappa shape index (κ3) is 1.64. The van der Waals surface area contributed by atoms with Gasteiger partial charge in [0, 0.05) is 5.41 Å². The molecule has 0 unspecified atom stereocenters. The summed E-state index contributed by atoms with van der Waals surface area (Å²) in [5, 5.41) is 0. The Hall–Kier alpha value is -1.36. The van der Waals surface area contributed by atoms with Gasteiger partial charge in [0.15, 0.2) is 0 Å². The van der Waals surface area contributed by atoms with Gasteiger partial charge in [-0.1, -0.05) is 0 Å². The van der Waals surface area contributed by atoms with Gasteiger partial charge in [0.1, 0.15) is 5.76 Å². The van der Waals surface area contributed by atoms with E-state index >= 15 is 0 Å². The minimum atomic E-state index is -0.448. The molecule has 4 saturated carbocycles. The molecule has 4 bridgehead atoms. The number of carbonyl (C=O) groups is 1.